The number of benzene rings is 1. The minimum atomic E-state index is -0.0710. The summed E-state index contributed by atoms with van der Waals surface area (Å²) in [6.45, 7) is 4.17. The van der Waals surface area contributed by atoms with Crippen molar-refractivity contribution < 1.29 is 9.59 Å². The summed E-state index contributed by atoms with van der Waals surface area (Å²) >= 11 is 0. The lowest BCUT2D eigenvalue weighted by Crippen LogP contribution is -2.22. The molecule has 4 heteroatoms. The van der Waals surface area contributed by atoms with Crippen molar-refractivity contribution in [3.05, 3.63) is 29.8 Å². The first kappa shape index (κ1) is 15.2. The molecule has 104 valence electrons. The van der Waals surface area contributed by atoms with Crippen LogP contribution in [0.3, 0.4) is 0 Å². The summed E-state index contributed by atoms with van der Waals surface area (Å²) in [5.74, 6) is 0.425. The van der Waals surface area contributed by atoms with Gasteiger partial charge in [-0.05, 0) is 30.5 Å². The zero-order chi connectivity index (χ0) is 14.4. The van der Waals surface area contributed by atoms with Crippen molar-refractivity contribution in [1.29, 1.82) is 0 Å². The van der Waals surface area contributed by atoms with E-state index in [-0.39, 0.29) is 11.8 Å². The molecule has 0 aromatic heterocycles. The summed E-state index contributed by atoms with van der Waals surface area (Å²) in [7, 11) is 3.41. The number of amides is 2. The van der Waals surface area contributed by atoms with Crippen LogP contribution in [0, 0.1) is 5.92 Å². The number of hydrogen-bond donors (Lipinski definition) is 1. The van der Waals surface area contributed by atoms with Gasteiger partial charge < -0.3 is 10.2 Å². The van der Waals surface area contributed by atoms with Gasteiger partial charge in [0.2, 0.25) is 5.91 Å². The van der Waals surface area contributed by atoms with E-state index < -0.39 is 0 Å². The minimum Gasteiger partial charge on any atom is -0.345 e. The number of carbonyl (C=O) groups is 2. The van der Waals surface area contributed by atoms with Crippen molar-refractivity contribution in [3.8, 4) is 0 Å². The normalized spacial score (nSPS) is 10.4. The van der Waals surface area contributed by atoms with Crippen LogP contribution in [-0.2, 0) is 4.79 Å². The van der Waals surface area contributed by atoms with E-state index in [9.17, 15) is 9.59 Å². The van der Waals surface area contributed by atoms with Gasteiger partial charge in [-0.3, -0.25) is 9.59 Å². The van der Waals surface area contributed by atoms with Gasteiger partial charge in [-0.1, -0.05) is 19.9 Å². The molecule has 1 rings (SSSR count). The van der Waals surface area contributed by atoms with Crippen LogP contribution in [0.5, 0.6) is 0 Å². The van der Waals surface area contributed by atoms with Gasteiger partial charge in [0.05, 0.1) is 0 Å². The Bertz CT molecular complexity index is 453. The van der Waals surface area contributed by atoms with E-state index in [2.05, 4.69) is 19.2 Å². The predicted molar refractivity (Wildman–Crippen MR) is 77.2 cm³/mol. The first-order valence-corrected chi connectivity index (χ1v) is 6.51. The fraction of sp³-hybridized carbons (Fsp3) is 0.467. The standard InChI is InChI=1S/C15H22N2O2/c1-11(2)8-9-14(18)16-13-7-5-6-12(10-13)15(19)17(3)4/h5-7,10-11H,8-9H2,1-4H3,(H,16,18). The monoisotopic (exact) mass is 262 g/mol. The van der Waals surface area contributed by atoms with Gasteiger partial charge in [0, 0.05) is 31.8 Å². The van der Waals surface area contributed by atoms with Crippen LogP contribution in [-0.4, -0.2) is 30.8 Å². The van der Waals surface area contributed by atoms with E-state index >= 15 is 0 Å². The molecule has 0 heterocycles. The van der Waals surface area contributed by atoms with Gasteiger partial charge in [0.15, 0.2) is 0 Å². The fourth-order valence-electron chi connectivity index (χ4n) is 1.63. The summed E-state index contributed by atoms with van der Waals surface area (Å²) in [6.07, 6.45) is 1.37. The molecule has 0 unspecified atom stereocenters. The van der Waals surface area contributed by atoms with Crippen LogP contribution in [0.15, 0.2) is 24.3 Å². The summed E-state index contributed by atoms with van der Waals surface area (Å²) in [5, 5.41) is 2.82. The van der Waals surface area contributed by atoms with Crippen molar-refractivity contribution in [2.24, 2.45) is 5.92 Å². The summed E-state index contributed by atoms with van der Waals surface area (Å²) in [6, 6.07) is 7.01. The highest BCUT2D eigenvalue weighted by molar-refractivity contribution is 5.96. The molecule has 0 aliphatic heterocycles. The molecular weight excluding hydrogens is 240 g/mol. The average Bonchev–Trinajstić information content (AvgIpc) is 2.35. The van der Waals surface area contributed by atoms with Gasteiger partial charge in [0.1, 0.15) is 0 Å². The van der Waals surface area contributed by atoms with Crippen molar-refractivity contribution in [1.82, 2.24) is 4.90 Å². The Balaban J connectivity index is 2.67. The van der Waals surface area contributed by atoms with Crippen molar-refractivity contribution in [3.63, 3.8) is 0 Å². The molecule has 0 atom stereocenters. The predicted octanol–water partition coefficient (Wildman–Crippen LogP) is 2.76. The molecule has 0 spiro atoms. The van der Waals surface area contributed by atoms with Gasteiger partial charge in [-0.25, -0.2) is 0 Å². The van der Waals surface area contributed by atoms with Crippen molar-refractivity contribution in [2.45, 2.75) is 26.7 Å². The van der Waals surface area contributed by atoms with E-state index in [1.165, 1.54) is 4.90 Å². The Morgan fingerprint density at radius 1 is 1.26 bits per heavy atom. The highest BCUT2D eigenvalue weighted by atomic mass is 16.2. The number of rotatable bonds is 5. The lowest BCUT2D eigenvalue weighted by molar-refractivity contribution is -0.116. The van der Waals surface area contributed by atoms with Gasteiger partial charge in [-0.15, -0.1) is 0 Å². The van der Waals surface area contributed by atoms with Crippen LogP contribution >= 0.6 is 0 Å². The maximum Gasteiger partial charge on any atom is 0.253 e. The maximum absolute atomic E-state index is 11.8. The molecule has 4 nitrogen and oxygen atoms in total. The summed E-state index contributed by atoms with van der Waals surface area (Å²) in [4.78, 5) is 25.0. The van der Waals surface area contributed by atoms with Crippen LogP contribution in [0.2, 0.25) is 0 Å². The van der Waals surface area contributed by atoms with Gasteiger partial charge >= 0.3 is 0 Å². The molecule has 0 aliphatic carbocycles. The Morgan fingerprint density at radius 3 is 2.53 bits per heavy atom. The Morgan fingerprint density at radius 2 is 1.95 bits per heavy atom. The highest BCUT2D eigenvalue weighted by Gasteiger charge is 2.09. The largest absolute Gasteiger partial charge is 0.345 e. The van der Waals surface area contributed by atoms with E-state index in [1.807, 2.05) is 0 Å². The second-order valence-electron chi connectivity index (χ2n) is 5.26. The number of nitrogens with zero attached hydrogens (tertiary/aromatic N) is 1. The SMILES string of the molecule is CC(C)CCC(=O)Nc1cccc(C(=O)N(C)C)c1. The molecular formula is C15H22N2O2. The molecule has 1 N–H and O–H groups in total. The number of nitrogens with one attached hydrogen (secondary N) is 1. The van der Waals surface area contributed by atoms with Gasteiger partial charge in [-0.2, -0.15) is 0 Å². The molecule has 0 bridgehead atoms. The first-order chi connectivity index (χ1) is 8.90. The fourth-order valence-corrected chi connectivity index (χ4v) is 1.63. The number of anilines is 1. The van der Waals surface area contributed by atoms with Crippen LogP contribution in [0.25, 0.3) is 0 Å². The Labute approximate surface area is 114 Å². The number of hydrogen-bond acceptors (Lipinski definition) is 2. The van der Waals surface area contributed by atoms with E-state index in [0.29, 0.717) is 23.6 Å². The minimum absolute atomic E-state index is 0.0110. The van der Waals surface area contributed by atoms with Crippen molar-refractivity contribution >= 4 is 17.5 Å². The lowest BCUT2D eigenvalue weighted by Gasteiger charge is -2.12. The van der Waals surface area contributed by atoms with Crippen LogP contribution < -0.4 is 5.32 Å². The second-order valence-corrected chi connectivity index (χ2v) is 5.26. The maximum atomic E-state index is 11.8. The number of carbonyl (C=O) groups excluding carboxylic acids is 2. The molecule has 1 aromatic rings. The topological polar surface area (TPSA) is 49.4 Å². The first-order valence-electron chi connectivity index (χ1n) is 6.51. The van der Waals surface area contributed by atoms with E-state index in [4.69, 9.17) is 0 Å². The van der Waals surface area contributed by atoms with Crippen LogP contribution in [0.1, 0.15) is 37.0 Å². The third-order valence-corrected chi connectivity index (χ3v) is 2.75. The molecule has 0 saturated heterocycles. The molecule has 0 aliphatic rings. The van der Waals surface area contributed by atoms with Gasteiger partial charge in [0.25, 0.3) is 5.91 Å². The molecule has 0 saturated carbocycles. The summed E-state index contributed by atoms with van der Waals surface area (Å²) in [5.41, 5.74) is 1.24. The zero-order valence-corrected chi connectivity index (χ0v) is 12.1. The Kier molecular flexibility index (Phi) is 5.55. The molecule has 0 radical (unpaired) electrons. The summed E-state index contributed by atoms with van der Waals surface area (Å²) < 4.78 is 0. The third kappa shape index (κ3) is 5.12. The molecule has 2 amide bonds. The Hall–Kier alpha value is -1.84. The highest BCUT2D eigenvalue weighted by Crippen LogP contribution is 2.13. The van der Waals surface area contributed by atoms with Crippen LogP contribution in [0.4, 0.5) is 5.69 Å². The van der Waals surface area contributed by atoms with E-state index in [1.54, 1.807) is 38.4 Å². The average molecular weight is 262 g/mol. The van der Waals surface area contributed by atoms with E-state index in [0.717, 1.165) is 6.42 Å². The quantitative estimate of drug-likeness (QED) is 0.887. The molecule has 1 aromatic carbocycles. The zero-order valence-electron chi connectivity index (χ0n) is 12.1. The molecule has 0 fully saturated rings. The lowest BCUT2D eigenvalue weighted by atomic mass is 10.1. The third-order valence-electron chi connectivity index (χ3n) is 2.75. The smallest absolute Gasteiger partial charge is 0.253 e. The van der Waals surface area contributed by atoms with Crippen molar-refractivity contribution in [2.75, 3.05) is 19.4 Å². The molecule has 19 heavy (non-hydrogen) atoms. The second kappa shape index (κ2) is 6.92.